The number of piperidine rings is 1. The van der Waals surface area contributed by atoms with Gasteiger partial charge in [-0.15, -0.1) is 0 Å². The molecule has 2 unspecified atom stereocenters. The Balaban J connectivity index is 1.55. The van der Waals surface area contributed by atoms with Crippen LogP contribution in [0.3, 0.4) is 0 Å². The van der Waals surface area contributed by atoms with Crippen molar-refractivity contribution in [1.82, 2.24) is 25.3 Å². The maximum absolute atomic E-state index is 5.47. The minimum atomic E-state index is 0.262. The SMILES string of the molecule is CN1CCN(C)C(c2noc(CCC3CCCNC3)n2)C1. The zero-order valence-electron chi connectivity index (χ0n) is 13.2. The van der Waals surface area contributed by atoms with E-state index in [1.165, 1.54) is 19.4 Å². The van der Waals surface area contributed by atoms with Crippen molar-refractivity contribution in [3.05, 3.63) is 11.7 Å². The number of likely N-dealkylation sites (N-methyl/N-ethyl adjacent to an activating group) is 2. The standard InChI is InChI=1S/C15H27N5O/c1-19-8-9-20(2)13(11-19)15-17-14(21-18-15)6-5-12-4-3-7-16-10-12/h12-13,16H,3-11H2,1-2H3. The van der Waals surface area contributed by atoms with Crippen LogP contribution in [0.5, 0.6) is 0 Å². The van der Waals surface area contributed by atoms with Crippen molar-refractivity contribution in [1.29, 1.82) is 0 Å². The van der Waals surface area contributed by atoms with Gasteiger partial charge in [-0.2, -0.15) is 4.98 Å². The molecule has 2 aliphatic heterocycles. The van der Waals surface area contributed by atoms with Crippen LogP contribution in [0.1, 0.15) is 37.0 Å². The second kappa shape index (κ2) is 6.85. The molecular formula is C15H27N5O. The van der Waals surface area contributed by atoms with Gasteiger partial charge in [0.1, 0.15) is 0 Å². The molecule has 6 nitrogen and oxygen atoms in total. The molecule has 21 heavy (non-hydrogen) atoms. The fraction of sp³-hybridized carbons (Fsp3) is 0.867. The Morgan fingerprint density at radius 1 is 1.33 bits per heavy atom. The van der Waals surface area contributed by atoms with E-state index in [9.17, 15) is 0 Å². The maximum atomic E-state index is 5.47. The molecule has 1 aromatic rings. The molecule has 0 saturated carbocycles. The van der Waals surface area contributed by atoms with E-state index in [1.807, 2.05) is 0 Å². The third-order valence-corrected chi connectivity index (χ3v) is 4.80. The van der Waals surface area contributed by atoms with E-state index in [0.717, 1.165) is 56.7 Å². The lowest BCUT2D eigenvalue weighted by atomic mass is 9.95. The van der Waals surface area contributed by atoms with Gasteiger partial charge < -0.3 is 14.7 Å². The summed E-state index contributed by atoms with van der Waals surface area (Å²) in [6.45, 7) is 5.44. The molecule has 0 amide bonds. The summed E-state index contributed by atoms with van der Waals surface area (Å²) in [5, 5.41) is 7.68. The van der Waals surface area contributed by atoms with E-state index in [2.05, 4.69) is 39.4 Å². The van der Waals surface area contributed by atoms with E-state index in [4.69, 9.17) is 4.52 Å². The van der Waals surface area contributed by atoms with Crippen molar-refractivity contribution in [2.45, 2.75) is 31.7 Å². The van der Waals surface area contributed by atoms with Crippen LogP contribution in [-0.2, 0) is 6.42 Å². The highest BCUT2D eigenvalue weighted by Gasteiger charge is 2.28. The van der Waals surface area contributed by atoms with Crippen molar-refractivity contribution >= 4 is 0 Å². The Kier molecular flexibility index (Phi) is 4.87. The van der Waals surface area contributed by atoms with E-state index in [1.54, 1.807) is 0 Å². The highest BCUT2D eigenvalue weighted by Crippen LogP contribution is 2.22. The first-order valence-electron chi connectivity index (χ1n) is 8.14. The summed E-state index contributed by atoms with van der Waals surface area (Å²) in [4.78, 5) is 9.28. The van der Waals surface area contributed by atoms with Crippen LogP contribution < -0.4 is 5.32 Å². The first kappa shape index (κ1) is 14.9. The smallest absolute Gasteiger partial charge is 0.226 e. The van der Waals surface area contributed by atoms with Crippen LogP contribution in [0, 0.1) is 5.92 Å². The molecule has 1 aromatic heterocycles. The third-order valence-electron chi connectivity index (χ3n) is 4.80. The number of nitrogens with zero attached hydrogens (tertiary/aromatic N) is 4. The van der Waals surface area contributed by atoms with Gasteiger partial charge in [-0.05, 0) is 52.4 Å². The summed E-state index contributed by atoms with van der Waals surface area (Å²) in [6, 6.07) is 0.262. The van der Waals surface area contributed by atoms with E-state index < -0.39 is 0 Å². The van der Waals surface area contributed by atoms with Gasteiger partial charge in [0.05, 0.1) is 6.04 Å². The van der Waals surface area contributed by atoms with Gasteiger partial charge in [-0.3, -0.25) is 4.90 Å². The van der Waals surface area contributed by atoms with E-state index >= 15 is 0 Å². The number of aryl methyl sites for hydroxylation is 1. The van der Waals surface area contributed by atoms with Crippen LogP contribution in [0.15, 0.2) is 4.52 Å². The molecule has 0 radical (unpaired) electrons. The van der Waals surface area contributed by atoms with Gasteiger partial charge in [-0.1, -0.05) is 5.16 Å². The topological polar surface area (TPSA) is 57.4 Å². The molecular weight excluding hydrogens is 266 g/mol. The van der Waals surface area contributed by atoms with Gasteiger partial charge in [0, 0.05) is 26.1 Å². The van der Waals surface area contributed by atoms with Gasteiger partial charge in [0.15, 0.2) is 5.82 Å². The average molecular weight is 293 g/mol. The summed E-state index contributed by atoms with van der Waals surface area (Å²) in [6.07, 6.45) is 4.67. The number of rotatable bonds is 4. The molecule has 3 rings (SSSR count). The number of piperazine rings is 1. The summed E-state index contributed by atoms with van der Waals surface area (Å²) >= 11 is 0. The molecule has 0 spiro atoms. The maximum Gasteiger partial charge on any atom is 0.226 e. The van der Waals surface area contributed by atoms with E-state index in [0.29, 0.717) is 0 Å². The summed E-state index contributed by atoms with van der Waals surface area (Å²) in [7, 11) is 4.29. The Labute approximate surface area is 126 Å². The predicted molar refractivity (Wildman–Crippen MR) is 81.1 cm³/mol. The van der Waals surface area contributed by atoms with Crippen LogP contribution in [0.25, 0.3) is 0 Å². The Hall–Kier alpha value is -0.980. The predicted octanol–water partition coefficient (Wildman–Crippen LogP) is 0.920. The van der Waals surface area contributed by atoms with Crippen LogP contribution >= 0.6 is 0 Å². The highest BCUT2D eigenvalue weighted by molar-refractivity contribution is 4.98. The molecule has 2 aliphatic rings. The van der Waals surface area contributed by atoms with Crippen LogP contribution in [0.2, 0.25) is 0 Å². The second-order valence-corrected chi connectivity index (χ2v) is 6.56. The minimum Gasteiger partial charge on any atom is -0.339 e. The van der Waals surface area contributed by atoms with E-state index in [-0.39, 0.29) is 6.04 Å². The molecule has 6 heteroatoms. The second-order valence-electron chi connectivity index (χ2n) is 6.56. The normalized spacial score (nSPS) is 28.9. The number of nitrogens with one attached hydrogen (secondary N) is 1. The van der Waals surface area contributed by atoms with Crippen LogP contribution in [-0.4, -0.2) is 66.8 Å². The molecule has 0 bridgehead atoms. The quantitative estimate of drug-likeness (QED) is 0.891. The number of hydrogen-bond donors (Lipinski definition) is 1. The van der Waals surface area contributed by atoms with Crippen molar-refractivity contribution in [2.75, 3.05) is 46.8 Å². The molecule has 1 N–H and O–H groups in total. The van der Waals surface area contributed by atoms with Crippen molar-refractivity contribution < 1.29 is 4.52 Å². The molecule has 3 heterocycles. The average Bonchev–Trinajstić information content (AvgIpc) is 2.97. The summed E-state index contributed by atoms with van der Waals surface area (Å²) < 4.78 is 5.47. The lowest BCUT2D eigenvalue weighted by molar-refractivity contribution is 0.108. The molecule has 2 saturated heterocycles. The minimum absolute atomic E-state index is 0.262. The zero-order valence-corrected chi connectivity index (χ0v) is 13.2. The number of aromatic nitrogens is 2. The van der Waals surface area contributed by atoms with Crippen molar-refractivity contribution in [3.63, 3.8) is 0 Å². The van der Waals surface area contributed by atoms with Crippen LogP contribution in [0.4, 0.5) is 0 Å². The highest BCUT2D eigenvalue weighted by atomic mass is 16.5. The summed E-state index contributed by atoms with van der Waals surface area (Å²) in [5.41, 5.74) is 0. The van der Waals surface area contributed by atoms with Gasteiger partial charge in [0.2, 0.25) is 5.89 Å². The fourth-order valence-corrected chi connectivity index (χ4v) is 3.29. The molecule has 0 aromatic carbocycles. The molecule has 0 aliphatic carbocycles. The number of hydrogen-bond acceptors (Lipinski definition) is 6. The largest absolute Gasteiger partial charge is 0.339 e. The molecule has 2 fully saturated rings. The lowest BCUT2D eigenvalue weighted by Gasteiger charge is -2.35. The first-order chi connectivity index (χ1) is 10.2. The lowest BCUT2D eigenvalue weighted by Crippen LogP contribution is -2.45. The fourth-order valence-electron chi connectivity index (χ4n) is 3.29. The van der Waals surface area contributed by atoms with Gasteiger partial charge in [-0.25, -0.2) is 0 Å². The first-order valence-corrected chi connectivity index (χ1v) is 8.14. The Morgan fingerprint density at radius 3 is 3.05 bits per heavy atom. The zero-order chi connectivity index (χ0) is 14.7. The Bertz CT molecular complexity index is 443. The van der Waals surface area contributed by atoms with Crippen molar-refractivity contribution in [3.8, 4) is 0 Å². The third kappa shape index (κ3) is 3.81. The monoisotopic (exact) mass is 293 g/mol. The Morgan fingerprint density at radius 2 is 2.24 bits per heavy atom. The molecule has 118 valence electrons. The van der Waals surface area contributed by atoms with Gasteiger partial charge in [0.25, 0.3) is 0 Å². The molecule has 2 atom stereocenters. The van der Waals surface area contributed by atoms with Gasteiger partial charge >= 0.3 is 0 Å². The summed E-state index contributed by atoms with van der Waals surface area (Å²) in [5.74, 6) is 2.41. The van der Waals surface area contributed by atoms with Crippen molar-refractivity contribution in [2.24, 2.45) is 5.92 Å².